The van der Waals surface area contributed by atoms with Gasteiger partial charge in [0.05, 0.1) is 0 Å². The molecule has 0 amide bonds. The van der Waals surface area contributed by atoms with Crippen molar-refractivity contribution < 1.29 is 0 Å². The first-order valence-electron chi connectivity index (χ1n) is 18.1. The summed E-state index contributed by atoms with van der Waals surface area (Å²) in [5, 5.41) is 14.6. The van der Waals surface area contributed by atoms with Crippen LogP contribution in [0.3, 0.4) is 0 Å². The average Bonchev–Trinajstić information content (AvgIpc) is 3.79. The lowest BCUT2D eigenvalue weighted by molar-refractivity contribution is 0.263. The van der Waals surface area contributed by atoms with Gasteiger partial charge >= 0.3 is 0 Å². The summed E-state index contributed by atoms with van der Waals surface area (Å²) in [4.78, 5) is 0. The highest BCUT2D eigenvalue weighted by atomic mass is 31.1. The predicted molar refractivity (Wildman–Crippen MR) is 202 cm³/mol. The first-order chi connectivity index (χ1) is 22.8. The summed E-state index contributed by atoms with van der Waals surface area (Å²) < 4.78 is 0. The minimum atomic E-state index is -0.348. The molecule has 0 aromatic heterocycles. The van der Waals surface area contributed by atoms with Gasteiger partial charge in [-0.05, 0) is 112 Å². The topological polar surface area (TPSA) is 24.1 Å². The maximum absolute atomic E-state index is 4.21. The molecule has 2 nitrogen and oxygen atoms in total. The third-order valence-corrected chi connectivity index (χ3v) is 17.2. The molecule has 240 valence electrons. The zero-order valence-electron chi connectivity index (χ0n) is 27.4. The quantitative estimate of drug-likeness (QED) is 0.152. The smallest absolute Gasteiger partial charge is 0.0221 e. The Kier molecular flexibility index (Phi) is 11.3. The van der Waals surface area contributed by atoms with Crippen molar-refractivity contribution in [3.05, 3.63) is 121 Å². The maximum atomic E-state index is 4.21. The van der Waals surface area contributed by atoms with Crippen LogP contribution >= 0.6 is 15.8 Å². The molecule has 3 fully saturated rings. The van der Waals surface area contributed by atoms with Crippen molar-refractivity contribution in [3.8, 4) is 0 Å². The third-order valence-electron chi connectivity index (χ3n) is 11.1. The molecule has 0 heterocycles. The second kappa shape index (κ2) is 16.2. The van der Waals surface area contributed by atoms with Crippen molar-refractivity contribution >= 4 is 37.1 Å². The Hall–Kier alpha value is -2.34. The van der Waals surface area contributed by atoms with Gasteiger partial charge in [0.25, 0.3) is 0 Å². The van der Waals surface area contributed by atoms with Crippen molar-refractivity contribution in [1.82, 2.24) is 10.6 Å². The van der Waals surface area contributed by atoms with Crippen molar-refractivity contribution in [3.63, 3.8) is 0 Å². The van der Waals surface area contributed by atoms with Crippen LogP contribution in [0.25, 0.3) is 0 Å². The molecule has 2 N–H and O–H groups in total. The first-order valence-corrected chi connectivity index (χ1v) is 20.9. The van der Waals surface area contributed by atoms with E-state index < -0.39 is 0 Å². The molecule has 3 saturated carbocycles. The van der Waals surface area contributed by atoms with Crippen molar-refractivity contribution in [1.29, 1.82) is 0 Å². The van der Waals surface area contributed by atoms with Crippen LogP contribution in [0.1, 0.15) is 64.2 Å². The van der Waals surface area contributed by atoms with Crippen molar-refractivity contribution in [2.75, 3.05) is 13.1 Å². The fourth-order valence-electron chi connectivity index (χ4n) is 8.83. The normalized spacial score (nSPS) is 26.6. The van der Waals surface area contributed by atoms with Gasteiger partial charge in [-0.25, -0.2) is 0 Å². The van der Waals surface area contributed by atoms with Crippen LogP contribution in [0, 0.1) is 11.8 Å². The molecule has 4 aromatic carbocycles. The summed E-state index contributed by atoms with van der Waals surface area (Å²) in [7, 11) is -0.696. The zero-order valence-corrected chi connectivity index (χ0v) is 29.2. The predicted octanol–water partition coefficient (Wildman–Crippen LogP) is 8.08. The summed E-state index contributed by atoms with van der Waals surface area (Å²) in [6.07, 6.45) is 13.6. The molecule has 6 atom stereocenters. The molecule has 46 heavy (non-hydrogen) atoms. The standard InChI is InChI=1S/C42H52N2P2/c1-5-19-35(20-6-1)45(36-21-7-2-8-22-36)41-29-15-17-33(41)31-43-39-27-13-14-28-40(39)44-32-34-18-16-30-42(34)46(37-23-9-3-10-24-37)38-25-11-4-12-26-38/h1-12,19-26,33-34,39-44H,13-18,27-32H2. The summed E-state index contributed by atoms with van der Waals surface area (Å²) in [5.41, 5.74) is 1.52. The minimum Gasteiger partial charge on any atom is -0.312 e. The first kappa shape index (κ1) is 32.2. The van der Waals surface area contributed by atoms with Crippen LogP contribution in [0.5, 0.6) is 0 Å². The highest BCUT2D eigenvalue weighted by molar-refractivity contribution is 7.74. The lowest BCUT2D eigenvalue weighted by atomic mass is 9.89. The van der Waals surface area contributed by atoms with Gasteiger partial charge in [-0.2, -0.15) is 0 Å². The molecule has 4 heteroatoms. The Morgan fingerprint density at radius 3 is 1.04 bits per heavy atom. The summed E-state index contributed by atoms with van der Waals surface area (Å²) in [6.45, 7) is 2.34. The maximum Gasteiger partial charge on any atom is 0.0221 e. The molecular weight excluding hydrogens is 594 g/mol. The second-order valence-electron chi connectivity index (χ2n) is 13.9. The van der Waals surface area contributed by atoms with Gasteiger partial charge in [0.1, 0.15) is 0 Å². The molecule has 0 saturated heterocycles. The average molecular weight is 647 g/mol. The molecule has 3 aliphatic carbocycles. The summed E-state index contributed by atoms with van der Waals surface area (Å²) in [6, 6.07) is 46.9. The monoisotopic (exact) mass is 646 g/mol. The fourth-order valence-corrected chi connectivity index (χ4v) is 15.2. The largest absolute Gasteiger partial charge is 0.312 e. The molecule has 0 aliphatic heterocycles. The van der Waals surface area contributed by atoms with Crippen LogP contribution in [-0.4, -0.2) is 36.5 Å². The van der Waals surface area contributed by atoms with Gasteiger partial charge in [-0.15, -0.1) is 0 Å². The summed E-state index contributed by atoms with van der Waals surface area (Å²) >= 11 is 0. The number of nitrogens with one attached hydrogen (secondary N) is 2. The van der Waals surface area contributed by atoms with Gasteiger partial charge in [-0.1, -0.05) is 147 Å². The van der Waals surface area contributed by atoms with Crippen LogP contribution in [0.15, 0.2) is 121 Å². The molecule has 3 aliphatic rings. The van der Waals surface area contributed by atoms with Gasteiger partial charge < -0.3 is 10.6 Å². The van der Waals surface area contributed by atoms with E-state index in [1.807, 2.05) is 0 Å². The number of rotatable bonds is 12. The highest BCUT2D eigenvalue weighted by Gasteiger charge is 2.38. The number of benzene rings is 4. The molecule has 6 unspecified atom stereocenters. The van der Waals surface area contributed by atoms with E-state index in [1.165, 1.54) is 77.3 Å². The minimum absolute atomic E-state index is 0.348. The van der Waals surface area contributed by atoms with Crippen LogP contribution in [0.2, 0.25) is 0 Å². The third kappa shape index (κ3) is 7.69. The molecule has 7 rings (SSSR count). The van der Waals surface area contributed by atoms with Crippen LogP contribution < -0.4 is 31.9 Å². The van der Waals surface area contributed by atoms with Gasteiger partial charge in [0.2, 0.25) is 0 Å². The van der Waals surface area contributed by atoms with Gasteiger partial charge in [-0.3, -0.25) is 0 Å². The van der Waals surface area contributed by atoms with Crippen LogP contribution in [0.4, 0.5) is 0 Å². The zero-order chi connectivity index (χ0) is 31.0. The van der Waals surface area contributed by atoms with E-state index in [4.69, 9.17) is 0 Å². The SMILES string of the molecule is c1ccc(P(c2ccccc2)C2CCCC2CNC2CCCCC2NCC2CCCC2P(c2ccccc2)c2ccccc2)cc1. The van der Waals surface area contributed by atoms with Gasteiger partial charge in [0, 0.05) is 12.1 Å². The Labute approximate surface area is 280 Å². The second-order valence-corrected chi connectivity index (χ2v) is 18.8. The van der Waals surface area contributed by atoms with E-state index in [0.29, 0.717) is 12.1 Å². The highest BCUT2D eigenvalue weighted by Crippen LogP contribution is 2.51. The van der Waals surface area contributed by atoms with E-state index in [-0.39, 0.29) is 15.8 Å². The Balaban J connectivity index is 1.01. The Morgan fingerprint density at radius 1 is 0.391 bits per heavy atom. The molecule has 4 aromatic rings. The Morgan fingerprint density at radius 2 is 0.717 bits per heavy atom. The van der Waals surface area contributed by atoms with E-state index in [0.717, 1.165) is 23.2 Å². The lowest BCUT2D eigenvalue weighted by Crippen LogP contribution is -2.52. The van der Waals surface area contributed by atoms with Gasteiger partial charge in [0.15, 0.2) is 0 Å². The molecular formula is C42H52N2P2. The lowest BCUT2D eigenvalue weighted by Gasteiger charge is -2.37. The van der Waals surface area contributed by atoms with E-state index in [1.54, 1.807) is 21.2 Å². The van der Waals surface area contributed by atoms with E-state index >= 15 is 0 Å². The molecule has 0 spiro atoms. The van der Waals surface area contributed by atoms with Crippen molar-refractivity contribution in [2.24, 2.45) is 11.8 Å². The molecule has 0 radical (unpaired) electrons. The van der Waals surface area contributed by atoms with Crippen LogP contribution in [-0.2, 0) is 0 Å². The van der Waals surface area contributed by atoms with E-state index in [2.05, 4.69) is 132 Å². The fraction of sp³-hybridized carbons (Fsp3) is 0.429. The van der Waals surface area contributed by atoms with Crippen molar-refractivity contribution in [2.45, 2.75) is 87.6 Å². The molecule has 0 bridgehead atoms. The number of hydrogen-bond acceptors (Lipinski definition) is 2. The Bertz CT molecular complexity index is 1260. The number of hydrogen-bond donors (Lipinski definition) is 2. The van der Waals surface area contributed by atoms with E-state index in [9.17, 15) is 0 Å². The summed E-state index contributed by atoms with van der Waals surface area (Å²) in [5.74, 6) is 1.52.